The van der Waals surface area contributed by atoms with Crippen molar-refractivity contribution >= 4 is 24.9 Å². The molecule has 1 fully saturated rings. The van der Waals surface area contributed by atoms with E-state index >= 15 is 0 Å². The molecule has 0 N–H and O–H groups in total. The molecule has 1 aliphatic rings. The molecule has 0 amide bonds. The normalized spacial score (nSPS) is 16.9. The zero-order chi connectivity index (χ0) is 11.0. The SMILES string of the molecule is [B]c1ccn2nc(N3CCOCC3)nc2c1. The first-order chi connectivity index (χ1) is 7.83. The minimum absolute atomic E-state index is 0.702. The van der Waals surface area contributed by atoms with Crippen LogP contribution in [0.3, 0.4) is 0 Å². The molecule has 1 saturated heterocycles. The first kappa shape index (κ1) is 9.66. The Kier molecular flexibility index (Phi) is 2.29. The van der Waals surface area contributed by atoms with Gasteiger partial charge in [0.25, 0.3) is 0 Å². The van der Waals surface area contributed by atoms with Gasteiger partial charge in [-0.15, -0.1) is 5.10 Å². The summed E-state index contributed by atoms with van der Waals surface area (Å²) in [5.41, 5.74) is 1.48. The van der Waals surface area contributed by atoms with Crippen LogP contribution in [0, 0.1) is 0 Å². The van der Waals surface area contributed by atoms with Gasteiger partial charge in [0.2, 0.25) is 5.95 Å². The maximum absolute atomic E-state index is 5.70. The fourth-order valence-corrected chi connectivity index (χ4v) is 1.78. The molecule has 3 rings (SSSR count). The average Bonchev–Trinajstić information content (AvgIpc) is 2.73. The van der Waals surface area contributed by atoms with Crippen LogP contribution in [0.5, 0.6) is 0 Å². The van der Waals surface area contributed by atoms with Crippen molar-refractivity contribution in [3.05, 3.63) is 18.3 Å². The van der Waals surface area contributed by atoms with E-state index in [4.69, 9.17) is 12.6 Å². The van der Waals surface area contributed by atoms with Crippen molar-refractivity contribution < 1.29 is 4.74 Å². The molecule has 6 heteroatoms. The fourth-order valence-electron chi connectivity index (χ4n) is 1.78. The molecule has 5 nitrogen and oxygen atoms in total. The van der Waals surface area contributed by atoms with Crippen LogP contribution in [-0.4, -0.2) is 48.7 Å². The summed E-state index contributed by atoms with van der Waals surface area (Å²) >= 11 is 0. The summed E-state index contributed by atoms with van der Waals surface area (Å²) in [4.78, 5) is 6.56. The van der Waals surface area contributed by atoms with Gasteiger partial charge in [0.05, 0.1) is 13.2 Å². The second kappa shape index (κ2) is 3.79. The van der Waals surface area contributed by atoms with Gasteiger partial charge in [0.1, 0.15) is 7.85 Å². The first-order valence-corrected chi connectivity index (χ1v) is 5.27. The van der Waals surface area contributed by atoms with Crippen LogP contribution in [-0.2, 0) is 4.74 Å². The Morgan fingerprint density at radius 3 is 2.94 bits per heavy atom. The average molecular weight is 214 g/mol. The van der Waals surface area contributed by atoms with Crippen LogP contribution in [0.15, 0.2) is 18.3 Å². The molecule has 0 spiro atoms. The van der Waals surface area contributed by atoms with Crippen LogP contribution < -0.4 is 10.4 Å². The molecule has 2 aromatic rings. The van der Waals surface area contributed by atoms with E-state index in [1.807, 2.05) is 18.3 Å². The van der Waals surface area contributed by atoms with Gasteiger partial charge < -0.3 is 9.64 Å². The van der Waals surface area contributed by atoms with Crippen LogP contribution in [0.1, 0.15) is 0 Å². The summed E-state index contributed by atoms with van der Waals surface area (Å²) in [6.07, 6.45) is 1.82. The Morgan fingerprint density at radius 2 is 2.12 bits per heavy atom. The molecule has 16 heavy (non-hydrogen) atoms. The van der Waals surface area contributed by atoms with Gasteiger partial charge in [0.15, 0.2) is 5.65 Å². The number of anilines is 1. The van der Waals surface area contributed by atoms with Gasteiger partial charge in [-0.25, -0.2) is 4.52 Å². The maximum atomic E-state index is 5.70. The van der Waals surface area contributed by atoms with Gasteiger partial charge in [-0.1, -0.05) is 11.5 Å². The molecular weight excluding hydrogens is 203 g/mol. The Hall–Kier alpha value is -1.56. The van der Waals surface area contributed by atoms with Crippen molar-refractivity contribution in [2.45, 2.75) is 0 Å². The second-order valence-corrected chi connectivity index (χ2v) is 3.77. The Morgan fingerprint density at radius 1 is 1.31 bits per heavy atom. The van der Waals surface area contributed by atoms with Crippen LogP contribution in [0.4, 0.5) is 5.95 Å². The minimum atomic E-state index is 0.702. The summed E-state index contributed by atoms with van der Waals surface area (Å²) in [6, 6.07) is 3.63. The summed E-state index contributed by atoms with van der Waals surface area (Å²) < 4.78 is 7.03. The molecule has 0 aliphatic carbocycles. The number of rotatable bonds is 1. The highest BCUT2D eigenvalue weighted by Gasteiger charge is 2.15. The smallest absolute Gasteiger partial charge is 0.245 e. The number of ether oxygens (including phenoxy) is 1. The molecule has 2 radical (unpaired) electrons. The Labute approximate surface area is 94.4 Å². The zero-order valence-corrected chi connectivity index (χ0v) is 8.83. The van der Waals surface area contributed by atoms with Crippen LogP contribution >= 0.6 is 0 Å². The molecular formula is C10H11BN4O. The number of pyridine rings is 1. The Bertz CT molecular complexity index is 506. The molecule has 0 aromatic carbocycles. The third-order valence-electron chi connectivity index (χ3n) is 2.64. The molecule has 0 saturated carbocycles. The standard InChI is InChI=1S/C10H11BN4O/c11-8-1-2-15-9(7-8)12-10(13-15)14-3-5-16-6-4-14/h1-2,7H,3-6H2. The van der Waals surface area contributed by atoms with E-state index in [9.17, 15) is 0 Å². The highest BCUT2D eigenvalue weighted by molar-refractivity contribution is 6.32. The number of hydrogen-bond donors (Lipinski definition) is 0. The largest absolute Gasteiger partial charge is 0.378 e. The predicted molar refractivity (Wildman–Crippen MR) is 61.4 cm³/mol. The monoisotopic (exact) mass is 214 g/mol. The predicted octanol–water partition coefficient (Wildman–Crippen LogP) is -0.640. The van der Waals surface area contributed by atoms with Gasteiger partial charge in [-0.05, 0) is 6.07 Å². The molecule has 0 atom stereocenters. The summed E-state index contributed by atoms with van der Waals surface area (Å²) in [5.74, 6) is 0.744. The van der Waals surface area contributed by atoms with Crippen molar-refractivity contribution in [1.82, 2.24) is 14.6 Å². The quantitative estimate of drug-likeness (QED) is 0.592. The van der Waals surface area contributed by atoms with Crippen molar-refractivity contribution in [2.75, 3.05) is 31.2 Å². The van der Waals surface area contributed by atoms with E-state index in [1.54, 1.807) is 4.52 Å². The highest BCUT2D eigenvalue weighted by Crippen LogP contribution is 2.11. The molecule has 80 valence electrons. The lowest BCUT2D eigenvalue weighted by Gasteiger charge is -2.25. The van der Waals surface area contributed by atoms with Crippen LogP contribution in [0.25, 0.3) is 5.65 Å². The van der Waals surface area contributed by atoms with E-state index in [2.05, 4.69) is 15.0 Å². The van der Waals surface area contributed by atoms with Crippen molar-refractivity contribution in [3.63, 3.8) is 0 Å². The number of morpholine rings is 1. The third-order valence-corrected chi connectivity index (χ3v) is 2.64. The molecule has 0 unspecified atom stereocenters. The number of aromatic nitrogens is 3. The summed E-state index contributed by atoms with van der Waals surface area (Å²) in [6.45, 7) is 3.15. The number of hydrogen-bond acceptors (Lipinski definition) is 4. The van der Waals surface area contributed by atoms with E-state index in [-0.39, 0.29) is 0 Å². The lowest BCUT2D eigenvalue weighted by atomic mass is 9.98. The second-order valence-electron chi connectivity index (χ2n) is 3.77. The van der Waals surface area contributed by atoms with Gasteiger partial charge in [-0.3, -0.25) is 0 Å². The zero-order valence-electron chi connectivity index (χ0n) is 8.83. The van der Waals surface area contributed by atoms with E-state index in [1.165, 1.54) is 0 Å². The highest BCUT2D eigenvalue weighted by atomic mass is 16.5. The molecule has 3 heterocycles. The van der Waals surface area contributed by atoms with Gasteiger partial charge in [-0.2, -0.15) is 4.98 Å². The lowest BCUT2D eigenvalue weighted by Crippen LogP contribution is -2.36. The topological polar surface area (TPSA) is 42.7 Å². The fraction of sp³-hybridized carbons (Fsp3) is 0.400. The minimum Gasteiger partial charge on any atom is -0.378 e. The van der Waals surface area contributed by atoms with Crippen molar-refractivity contribution in [1.29, 1.82) is 0 Å². The lowest BCUT2D eigenvalue weighted by molar-refractivity contribution is 0.122. The van der Waals surface area contributed by atoms with Gasteiger partial charge in [0, 0.05) is 19.3 Å². The Balaban J connectivity index is 1.97. The number of nitrogens with zero attached hydrogens (tertiary/aromatic N) is 4. The molecule has 2 aromatic heterocycles. The first-order valence-electron chi connectivity index (χ1n) is 5.27. The van der Waals surface area contributed by atoms with E-state index in [0.29, 0.717) is 5.46 Å². The maximum Gasteiger partial charge on any atom is 0.245 e. The van der Waals surface area contributed by atoms with Crippen molar-refractivity contribution in [2.24, 2.45) is 0 Å². The van der Waals surface area contributed by atoms with Gasteiger partial charge >= 0.3 is 0 Å². The molecule has 0 bridgehead atoms. The molecule has 1 aliphatic heterocycles. The number of fused-ring (bicyclic) bond motifs is 1. The van der Waals surface area contributed by atoms with Crippen molar-refractivity contribution in [3.8, 4) is 0 Å². The van der Waals surface area contributed by atoms with Crippen LogP contribution in [0.2, 0.25) is 0 Å². The summed E-state index contributed by atoms with van der Waals surface area (Å²) in [7, 11) is 5.70. The summed E-state index contributed by atoms with van der Waals surface area (Å²) in [5, 5.41) is 4.40. The van der Waals surface area contributed by atoms with E-state index < -0.39 is 0 Å². The third kappa shape index (κ3) is 1.65. The van der Waals surface area contributed by atoms with E-state index in [0.717, 1.165) is 37.9 Å².